The molecule has 1 amide bonds. The Labute approximate surface area is 236 Å². The van der Waals surface area contributed by atoms with Crippen LogP contribution < -0.4 is 9.62 Å². The van der Waals surface area contributed by atoms with Gasteiger partial charge >= 0.3 is 0 Å². The number of hydrogen-bond acceptors (Lipinski definition) is 8. The molecule has 0 aliphatic carbocycles. The van der Waals surface area contributed by atoms with Crippen LogP contribution in [0.2, 0.25) is 0 Å². The van der Waals surface area contributed by atoms with Gasteiger partial charge in [-0.25, -0.2) is 17.1 Å². The summed E-state index contributed by atoms with van der Waals surface area (Å²) in [4.78, 5) is 17.1. The van der Waals surface area contributed by atoms with Gasteiger partial charge in [0.1, 0.15) is 29.4 Å². The van der Waals surface area contributed by atoms with Crippen molar-refractivity contribution < 1.29 is 26.6 Å². The topological polar surface area (TPSA) is 116 Å². The summed E-state index contributed by atoms with van der Waals surface area (Å²) < 4.78 is 59.4. The molecule has 1 aliphatic rings. The molecular formula is C28H29FN4O5S2. The minimum atomic E-state index is -3.61. The average molecular weight is 585 g/mol. The molecule has 0 bridgehead atoms. The molecule has 9 nitrogen and oxygen atoms in total. The number of carbonyl (C=O) groups is 1. The molecule has 40 heavy (non-hydrogen) atoms. The highest BCUT2D eigenvalue weighted by atomic mass is 32.2. The smallest absolute Gasteiger partial charge is 0.255 e. The molecule has 1 atom stereocenters. The Morgan fingerprint density at radius 1 is 1.27 bits per heavy atom. The van der Waals surface area contributed by atoms with E-state index in [9.17, 15) is 22.2 Å². The lowest BCUT2D eigenvalue weighted by Gasteiger charge is -2.34. The number of nitrogens with zero attached hydrogens (tertiary/aromatic N) is 3. The number of fused-ring (bicyclic) bond motifs is 1. The maximum atomic E-state index is 13.6. The van der Waals surface area contributed by atoms with Crippen molar-refractivity contribution in [2.45, 2.75) is 24.5 Å². The van der Waals surface area contributed by atoms with Gasteiger partial charge in [0.25, 0.3) is 5.91 Å². The van der Waals surface area contributed by atoms with E-state index in [1.165, 1.54) is 23.5 Å². The molecule has 1 aliphatic heterocycles. The highest BCUT2D eigenvalue weighted by Crippen LogP contribution is 2.42. The Morgan fingerprint density at radius 2 is 2.05 bits per heavy atom. The van der Waals surface area contributed by atoms with Crippen molar-refractivity contribution >= 4 is 44.8 Å². The monoisotopic (exact) mass is 584 g/mol. The zero-order valence-electron chi connectivity index (χ0n) is 22.0. The Hall–Kier alpha value is -3.45. The standard InChI is InChI=1S/C28H29FN4O5S2/c1-30-28(34)26-23-13-22(20-6-4-12-33(16-20)40(36,37)17-18-5-3-11-31-15-18)24(32(2)39-35)14-25(23)38-27(26)19-7-9-21(29)10-8-19/h3,5,7-11,13-15,20,35H,4,6,12,16-17H2,1-2H3,(H,30,34)/t20-/m0/s1. The number of aromatic nitrogens is 1. The van der Waals surface area contributed by atoms with Crippen molar-refractivity contribution in [3.05, 3.63) is 83.4 Å². The minimum absolute atomic E-state index is 0.143. The zero-order chi connectivity index (χ0) is 28.4. The van der Waals surface area contributed by atoms with Crippen molar-refractivity contribution in [2.75, 3.05) is 31.5 Å². The number of benzene rings is 2. The molecule has 210 valence electrons. The van der Waals surface area contributed by atoms with Crippen LogP contribution in [0.25, 0.3) is 22.3 Å². The lowest BCUT2D eigenvalue weighted by atomic mass is 9.89. The molecule has 4 aromatic rings. The van der Waals surface area contributed by atoms with Gasteiger partial charge in [-0.05, 0) is 66.3 Å². The largest absolute Gasteiger partial charge is 0.455 e. The molecule has 12 heteroatoms. The first-order valence-electron chi connectivity index (χ1n) is 12.7. The summed E-state index contributed by atoms with van der Waals surface area (Å²) in [6.45, 7) is 0.661. The number of rotatable bonds is 8. The van der Waals surface area contributed by atoms with E-state index >= 15 is 0 Å². The van der Waals surface area contributed by atoms with Crippen LogP contribution in [0.3, 0.4) is 0 Å². The Kier molecular flexibility index (Phi) is 8.13. The van der Waals surface area contributed by atoms with Crippen LogP contribution in [0.1, 0.15) is 40.2 Å². The summed E-state index contributed by atoms with van der Waals surface area (Å²) in [6, 6.07) is 12.7. The van der Waals surface area contributed by atoms with Gasteiger partial charge in [0.15, 0.2) is 0 Å². The predicted octanol–water partition coefficient (Wildman–Crippen LogP) is 5.26. The number of halogens is 1. The number of nitrogens with one attached hydrogen (secondary N) is 1. The highest BCUT2D eigenvalue weighted by molar-refractivity contribution is 7.95. The summed E-state index contributed by atoms with van der Waals surface area (Å²) in [7, 11) is -0.394. The number of anilines is 1. The van der Waals surface area contributed by atoms with Gasteiger partial charge in [-0.1, -0.05) is 6.07 Å². The number of carbonyl (C=O) groups excluding carboxylic acids is 1. The van der Waals surface area contributed by atoms with E-state index in [1.807, 2.05) is 6.07 Å². The molecule has 3 heterocycles. The fourth-order valence-electron chi connectivity index (χ4n) is 5.18. The van der Waals surface area contributed by atoms with Crippen molar-refractivity contribution in [3.63, 3.8) is 0 Å². The Balaban J connectivity index is 1.59. The van der Waals surface area contributed by atoms with E-state index in [-0.39, 0.29) is 24.1 Å². The van der Waals surface area contributed by atoms with Gasteiger partial charge in [0, 0.05) is 56.6 Å². The Morgan fingerprint density at radius 3 is 2.73 bits per heavy atom. The van der Waals surface area contributed by atoms with Crippen LogP contribution >= 0.6 is 12.2 Å². The SMILES string of the molecule is CNC(=O)c1c(-c2ccc(F)cc2)oc2cc(N(C)SO)c([C@H]3CCCN(S(=O)(=O)Cc4cccnc4)C3)cc12. The van der Waals surface area contributed by atoms with Crippen molar-refractivity contribution in [3.8, 4) is 11.3 Å². The lowest BCUT2D eigenvalue weighted by Crippen LogP contribution is -2.40. The molecule has 2 aromatic heterocycles. The van der Waals surface area contributed by atoms with Crippen LogP contribution in [-0.4, -0.2) is 55.4 Å². The molecule has 0 unspecified atom stereocenters. The van der Waals surface area contributed by atoms with Gasteiger partial charge in [0.2, 0.25) is 10.0 Å². The predicted molar refractivity (Wildman–Crippen MR) is 154 cm³/mol. The molecule has 1 fully saturated rings. The molecule has 0 spiro atoms. The third-order valence-electron chi connectivity index (χ3n) is 7.15. The minimum Gasteiger partial charge on any atom is -0.455 e. The molecule has 0 saturated carbocycles. The van der Waals surface area contributed by atoms with E-state index in [1.54, 1.807) is 54.1 Å². The van der Waals surface area contributed by atoms with Crippen molar-refractivity contribution in [1.82, 2.24) is 14.6 Å². The van der Waals surface area contributed by atoms with E-state index in [0.717, 1.165) is 12.0 Å². The van der Waals surface area contributed by atoms with Crippen LogP contribution in [0.15, 0.2) is 65.3 Å². The van der Waals surface area contributed by atoms with E-state index < -0.39 is 15.8 Å². The number of sulfonamides is 1. The first-order chi connectivity index (χ1) is 19.2. The highest BCUT2D eigenvalue weighted by Gasteiger charge is 2.33. The van der Waals surface area contributed by atoms with Crippen molar-refractivity contribution in [2.24, 2.45) is 0 Å². The second-order valence-corrected chi connectivity index (χ2v) is 12.4. The zero-order valence-corrected chi connectivity index (χ0v) is 23.6. The third-order valence-corrected chi connectivity index (χ3v) is 9.41. The number of pyridine rings is 1. The number of piperidine rings is 1. The molecule has 1 saturated heterocycles. The van der Waals surface area contributed by atoms with Gasteiger partial charge in [0.05, 0.1) is 17.0 Å². The van der Waals surface area contributed by atoms with Gasteiger partial charge < -0.3 is 14.3 Å². The molecule has 0 radical (unpaired) electrons. The molecule has 5 rings (SSSR count). The third kappa shape index (κ3) is 5.57. The summed E-state index contributed by atoms with van der Waals surface area (Å²) in [6.07, 6.45) is 4.53. The number of furan rings is 1. The van der Waals surface area contributed by atoms with Crippen LogP contribution in [0, 0.1) is 5.82 Å². The van der Waals surface area contributed by atoms with Gasteiger partial charge in [-0.15, -0.1) is 0 Å². The molecular weight excluding hydrogens is 555 g/mol. The van der Waals surface area contributed by atoms with Crippen LogP contribution in [-0.2, 0) is 15.8 Å². The summed E-state index contributed by atoms with van der Waals surface area (Å²) in [5.41, 5.74) is 3.29. The van der Waals surface area contributed by atoms with E-state index in [4.69, 9.17) is 4.42 Å². The second-order valence-electron chi connectivity index (χ2n) is 9.69. The summed E-state index contributed by atoms with van der Waals surface area (Å²) in [5, 5.41) is 3.20. The van der Waals surface area contributed by atoms with Crippen molar-refractivity contribution in [1.29, 1.82) is 0 Å². The number of amides is 1. The van der Waals surface area contributed by atoms with Gasteiger partial charge in [-0.3, -0.25) is 14.1 Å². The maximum absolute atomic E-state index is 13.6. The lowest BCUT2D eigenvalue weighted by molar-refractivity contribution is 0.0964. The van der Waals surface area contributed by atoms with Gasteiger partial charge in [-0.2, -0.15) is 0 Å². The quantitative estimate of drug-likeness (QED) is 0.213. The second kappa shape index (κ2) is 11.6. The van der Waals surface area contributed by atoms with E-state index in [0.29, 0.717) is 64.3 Å². The first-order valence-corrected chi connectivity index (χ1v) is 15.1. The molecule has 2 N–H and O–H groups in total. The summed E-state index contributed by atoms with van der Waals surface area (Å²) in [5.74, 6) is -0.830. The Bertz CT molecular complexity index is 1630. The van der Waals surface area contributed by atoms with E-state index in [2.05, 4.69) is 10.3 Å². The average Bonchev–Trinajstić information content (AvgIpc) is 3.35. The summed E-state index contributed by atoms with van der Waals surface area (Å²) >= 11 is 0.524. The fourth-order valence-corrected chi connectivity index (χ4v) is 7.02. The number of hydrogen-bond donors (Lipinski definition) is 2. The van der Waals surface area contributed by atoms with Crippen LogP contribution in [0.4, 0.5) is 10.1 Å². The maximum Gasteiger partial charge on any atom is 0.255 e. The van der Waals surface area contributed by atoms with Crippen LogP contribution in [0.5, 0.6) is 0 Å². The first kappa shape index (κ1) is 28.1. The molecule has 2 aromatic carbocycles. The fraction of sp³-hybridized carbons (Fsp3) is 0.286. The normalized spacial score (nSPS) is 16.2.